The standard InChI is InChI=1S/C12H8F3N3/c13-12(14,15)11-6-10(17-18-11)9-5-7-3-1-2-4-8(7)16-9/h1-6,16H,(H,17,18). The highest BCUT2D eigenvalue weighted by molar-refractivity contribution is 5.85. The van der Waals surface area contributed by atoms with E-state index in [0.29, 0.717) is 5.69 Å². The zero-order valence-electron chi connectivity index (χ0n) is 9.05. The summed E-state index contributed by atoms with van der Waals surface area (Å²) in [6, 6.07) is 10.2. The van der Waals surface area contributed by atoms with E-state index in [1.807, 2.05) is 29.4 Å². The maximum Gasteiger partial charge on any atom is 0.432 e. The van der Waals surface area contributed by atoms with Crippen LogP contribution in [0.5, 0.6) is 0 Å². The van der Waals surface area contributed by atoms with Gasteiger partial charge in [-0.1, -0.05) is 18.2 Å². The number of H-pyrrole nitrogens is 2. The first-order chi connectivity index (χ1) is 8.54. The highest BCUT2D eigenvalue weighted by Crippen LogP contribution is 2.30. The van der Waals surface area contributed by atoms with Crippen molar-refractivity contribution in [3.05, 3.63) is 42.1 Å². The summed E-state index contributed by atoms with van der Waals surface area (Å²) < 4.78 is 37.3. The van der Waals surface area contributed by atoms with Crippen LogP contribution in [0.25, 0.3) is 22.3 Å². The van der Waals surface area contributed by atoms with Gasteiger partial charge in [-0.05, 0) is 18.2 Å². The molecule has 0 bridgehead atoms. The molecule has 0 aliphatic carbocycles. The number of nitrogens with one attached hydrogen (secondary N) is 2. The van der Waals surface area contributed by atoms with Gasteiger partial charge in [0.15, 0.2) is 0 Å². The number of rotatable bonds is 1. The lowest BCUT2D eigenvalue weighted by molar-refractivity contribution is -0.141. The average molecular weight is 251 g/mol. The zero-order chi connectivity index (χ0) is 12.8. The van der Waals surface area contributed by atoms with Gasteiger partial charge < -0.3 is 4.98 Å². The number of hydrogen-bond acceptors (Lipinski definition) is 1. The van der Waals surface area contributed by atoms with Gasteiger partial charge in [0.2, 0.25) is 0 Å². The van der Waals surface area contributed by atoms with Crippen LogP contribution in [-0.2, 0) is 6.18 Å². The number of aromatic nitrogens is 3. The molecule has 0 amide bonds. The highest BCUT2D eigenvalue weighted by Gasteiger charge is 2.33. The minimum Gasteiger partial charge on any atom is -0.353 e. The summed E-state index contributed by atoms with van der Waals surface area (Å²) >= 11 is 0. The minimum absolute atomic E-state index is 0.249. The maximum absolute atomic E-state index is 12.4. The number of nitrogens with zero attached hydrogens (tertiary/aromatic N) is 1. The molecule has 2 aromatic heterocycles. The third kappa shape index (κ3) is 1.75. The molecule has 3 rings (SSSR count). The van der Waals surface area contributed by atoms with Gasteiger partial charge in [0.1, 0.15) is 11.4 Å². The lowest BCUT2D eigenvalue weighted by atomic mass is 10.2. The molecule has 0 radical (unpaired) electrons. The van der Waals surface area contributed by atoms with Crippen LogP contribution in [0.3, 0.4) is 0 Å². The Balaban J connectivity index is 2.06. The van der Waals surface area contributed by atoms with E-state index in [4.69, 9.17) is 0 Å². The monoisotopic (exact) mass is 251 g/mol. The van der Waals surface area contributed by atoms with Gasteiger partial charge in [0, 0.05) is 10.9 Å². The molecule has 3 aromatic rings. The van der Waals surface area contributed by atoms with Crippen molar-refractivity contribution >= 4 is 10.9 Å². The summed E-state index contributed by atoms with van der Waals surface area (Å²) in [4.78, 5) is 3.03. The number of halogens is 3. The van der Waals surface area contributed by atoms with Crippen molar-refractivity contribution in [3.63, 3.8) is 0 Å². The van der Waals surface area contributed by atoms with E-state index in [1.165, 1.54) is 0 Å². The lowest BCUT2D eigenvalue weighted by Gasteiger charge is -1.99. The van der Waals surface area contributed by atoms with E-state index in [1.54, 1.807) is 6.07 Å². The Bertz CT molecular complexity index is 661. The maximum atomic E-state index is 12.4. The third-order valence-corrected chi connectivity index (χ3v) is 2.69. The van der Waals surface area contributed by atoms with Crippen molar-refractivity contribution in [2.75, 3.05) is 0 Å². The first kappa shape index (κ1) is 10.9. The Kier molecular flexibility index (Phi) is 2.19. The molecule has 0 unspecified atom stereocenters. The predicted octanol–water partition coefficient (Wildman–Crippen LogP) is 3.58. The summed E-state index contributed by atoms with van der Waals surface area (Å²) in [5, 5.41) is 6.60. The smallest absolute Gasteiger partial charge is 0.353 e. The second-order valence-corrected chi connectivity index (χ2v) is 3.93. The van der Waals surface area contributed by atoms with Crippen LogP contribution >= 0.6 is 0 Å². The van der Waals surface area contributed by atoms with Crippen molar-refractivity contribution in [2.45, 2.75) is 6.18 Å². The van der Waals surface area contributed by atoms with Gasteiger partial charge in [0.25, 0.3) is 0 Å². The van der Waals surface area contributed by atoms with Crippen LogP contribution in [0.4, 0.5) is 13.2 Å². The molecule has 92 valence electrons. The number of alkyl halides is 3. The van der Waals surface area contributed by atoms with E-state index in [0.717, 1.165) is 17.0 Å². The van der Waals surface area contributed by atoms with Gasteiger partial charge in [-0.2, -0.15) is 18.3 Å². The lowest BCUT2D eigenvalue weighted by Crippen LogP contribution is -2.04. The largest absolute Gasteiger partial charge is 0.432 e. The normalized spacial score (nSPS) is 12.2. The first-order valence-electron chi connectivity index (χ1n) is 5.25. The van der Waals surface area contributed by atoms with E-state index < -0.39 is 11.9 Å². The Morgan fingerprint density at radius 1 is 1.06 bits per heavy atom. The first-order valence-corrected chi connectivity index (χ1v) is 5.25. The van der Waals surface area contributed by atoms with E-state index in [2.05, 4.69) is 10.1 Å². The molecule has 0 fully saturated rings. The molecule has 1 aromatic carbocycles. The van der Waals surface area contributed by atoms with E-state index >= 15 is 0 Å². The highest BCUT2D eigenvalue weighted by atomic mass is 19.4. The molecule has 3 nitrogen and oxygen atoms in total. The summed E-state index contributed by atoms with van der Waals surface area (Å²) in [5.41, 5.74) is 0.821. The molecule has 2 heterocycles. The third-order valence-electron chi connectivity index (χ3n) is 2.69. The summed E-state index contributed by atoms with van der Waals surface area (Å²) in [5.74, 6) is 0. The molecule has 2 N–H and O–H groups in total. The number of hydrogen-bond donors (Lipinski definition) is 2. The quantitative estimate of drug-likeness (QED) is 0.682. The molecule has 0 saturated carbocycles. The van der Waals surface area contributed by atoms with Gasteiger partial charge in [-0.25, -0.2) is 0 Å². The van der Waals surface area contributed by atoms with E-state index in [9.17, 15) is 13.2 Å². The number of aromatic amines is 2. The van der Waals surface area contributed by atoms with Gasteiger partial charge in [0.05, 0.1) is 5.69 Å². The molecular formula is C12H8F3N3. The Morgan fingerprint density at radius 3 is 2.50 bits per heavy atom. The van der Waals surface area contributed by atoms with Crippen LogP contribution in [0.2, 0.25) is 0 Å². The van der Waals surface area contributed by atoms with Gasteiger partial charge in [-0.3, -0.25) is 5.10 Å². The number of para-hydroxylation sites is 1. The number of fused-ring (bicyclic) bond motifs is 1. The summed E-state index contributed by atoms with van der Waals surface area (Å²) in [6.07, 6.45) is -4.41. The molecular weight excluding hydrogens is 243 g/mol. The molecule has 6 heteroatoms. The Labute approximate surface area is 99.6 Å². The molecule has 0 aliphatic rings. The second kappa shape index (κ2) is 3.63. The van der Waals surface area contributed by atoms with Crippen LogP contribution in [0.15, 0.2) is 36.4 Å². The average Bonchev–Trinajstić information content (AvgIpc) is 2.94. The van der Waals surface area contributed by atoms with Crippen molar-refractivity contribution in [3.8, 4) is 11.4 Å². The molecule has 0 saturated heterocycles. The second-order valence-electron chi connectivity index (χ2n) is 3.93. The zero-order valence-corrected chi connectivity index (χ0v) is 9.05. The van der Waals surface area contributed by atoms with Crippen LogP contribution in [-0.4, -0.2) is 15.2 Å². The van der Waals surface area contributed by atoms with E-state index in [-0.39, 0.29) is 5.69 Å². The van der Waals surface area contributed by atoms with Crippen molar-refractivity contribution in [2.24, 2.45) is 0 Å². The van der Waals surface area contributed by atoms with Gasteiger partial charge >= 0.3 is 6.18 Å². The predicted molar refractivity (Wildman–Crippen MR) is 60.9 cm³/mol. The van der Waals surface area contributed by atoms with Crippen molar-refractivity contribution in [1.29, 1.82) is 0 Å². The fourth-order valence-corrected chi connectivity index (χ4v) is 1.82. The minimum atomic E-state index is -4.41. The fraction of sp³-hybridized carbons (Fsp3) is 0.0833. The topological polar surface area (TPSA) is 44.5 Å². The number of benzene rings is 1. The summed E-state index contributed by atoms with van der Waals surface area (Å²) in [6.45, 7) is 0. The van der Waals surface area contributed by atoms with Crippen LogP contribution in [0.1, 0.15) is 5.69 Å². The fourth-order valence-electron chi connectivity index (χ4n) is 1.82. The van der Waals surface area contributed by atoms with Gasteiger partial charge in [-0.15, -0.1) is 0 Å². The molecule has 0 aliphatic heterocycles. The van der Waals surface area contributed by atoms with Crippen molar-refractivity contribution in [1.82, 2.24) is 15.2 Å². The molecule has 0 atom stereocenters. The van der Waals surface area contributed by atoms with Crippen LogP contribution in [0, 0.1) is 0 Å². The van der Waals surface area contributed by atoms with Crippen LogP contribution < -0.4 is 0 Å². The summed E-state index contributed by atoms with van der Waals surface area (Å²) in [7, 11) is 0. The van der Waals surface area contributed by atoms with Crippen molar-refractivity contribution < 1.29 is 13.2 Å². The molecule has 0 spiro atoms. The Hall–Kier alpha value is -2.24. The Morgan fingerprint density at radius 2 is 1.83 bits per heavy atom. The SMILES string of the molecule is FC(F)(F)c1cc(-c2cc3ccccc3[nH]2)n[nH]1. The molecule has 18 heavy (non-hydrogen) atoms.